The van der Waals surface area contributed by atoms with Crippen LogP contribution in [0.5, 0.6) is 5.75 Å². The van der Waals surface area contributed by atoms with E-state index in [0.717, 1.165) is 0 Å². The van der Waals surface area contributed by atoms with Gasteiger partial charge in [0.15, 0.2) is 0 Å². The second-order valence-corrected chi connectivity index (χ2v) is 3.98. The minimum atomic E-state index is -1.06. The lowest BCUT2D eigenvalue weighted by Crippen LogP contribution is -2.02. The van der Waals surface area contributed by atoms with Crippen LogP contribution in [0.1, 0.15) is 15.9 Å². The number of halogens is 1. The summed E-state index contributed by atoms with van der Waals surface area (Å²) < 4.78 is 18.4. The number of hydrogen-bond donors (Lipinski definition) is 2. The van der Waals surface area contributed by atoms with Crippen LogP contribution < -0.4 is 10.5 Å². The molecule has 0 aromatic heterocycles. The van der Waals surface area contributed by atoms with Crippen molar-refractivity contribution in [1.82, 2.24) is 0 Å². The Morgan fingerprint density at radius 2 is 2.05 bits per heavy atom. The Hall–Kier alpha value is -2.56. The molecule has 0 fully saturated rings. The van der Waals surface area contributed by atoms with Crippen LogP contribution in [0.4, 0.5) is 10.1 Å². The number of anilines is 1. The number of nitrogens with two attached hydrogens (primary N) is 1. The van der Waals surface area contributed by atoms with E-state index in [0.29, 0.717) is 11.3 Å². The molecule has 0 saturated carbocycles. The Kier molecular flexibility index (Phi) is 3.66. The third kappa shape index (κ3) is 3.22. The summed E-state index contributed by atoms with van der Waals surface area (Å²) in [6.45, 7) is 0.116. The van der Waals surface area contributed by atoms with E-state index in [4.69, 9.17) is 15.6 Å². The Bertz CT molecular complexity index is 613. The van der Waals surface area contributed by atoms with E-state index in [1.807, 2.05) is 0 Å². The van der Waals surface area contributed by atoms with Gasteiger partial charge in [0.1, 0.15) is 18.2 Å². The largest absolute Gasteiger partial charge is 0.487 e. The topological polar surface area (TPSA) is 72.6 Å². The second kappa shape index (κ2) is 5.39. The molecule has 5 heteroatoms. The zero-order valence-corrected chi connectivity index (χ0v) is 9.97. The summed E-state index contributed by atoms with van der Waals surface area (Å²) in [4.78, 5) is 10.8. The lowest BCUT2D eigenvalue weighted by atomic mass is 10.2. The predicted octanol–water partition coefficient (Wildman–Crippen LogP) is 2.69. The molecule has 4 nitrogen and oxygen atoms in total. The van der Waals surface area contributed by atoms with Gasteiger partial charge in [-0.15, -0.1) is 0 Å². The van der Waals surface area contributed by atoms with Crippen molar-refractivity contribution in [2.24, 2.45) is 0 Å². The molecule has 0 aliphatic carbocycles. The smallest absolute Gasteiger partial charge is 0.335 e. The molecular weight excluding hydrogens is 249 g/mol. The minimum Gasteiger partial charge on any atom is -0.487 e. The van der Waals surface area contributed by atoms with Gasteiger partial charge in [0.2, 0.25) is 0 Å². The quantitative estimate of drug-likeness (QED) is 0.830. The lowest BCUT2D eigenvalue weighted by molar-refractivity contribution is 0.0696. The van der Waals surface area contributed by atoms with E-state index < -0.39 is 5.97 Å². The number of nitrogen functional groups attached to an aromatic ring is 1. The van der Waals surface area contributed by atoms with Crippen LogP contribution >= 0.6 is 0 Å². The van der Waals surface area contributed by atoms with Gasteiger partial charge in [-0.1, -0.05) is 12.1 Å². The Balaban J connectivity index is 2.15. The van der Waals surface area contributed by atoms with Crippen LogP contribution in [0.2, 0.25) is 0 Å². The molecule has 3 N–H and O–H groups in total. The summed E-state index contributed by atoms with van der Waals surface area (Å²) >= 11 is 0. The third-order valence-electron chi connectivity index (χ3n) is 2.54. The van der Waals surface area contributed by atoms with Crippen LogP contribution in [-0.4, -0.2) is 11.1 Å². The molecule has 19 heavy (non-hydrogen) atoms. The van der Waals surface area contributed by atoms with Crippen molar-refractivity contribution in [2.75, 3.05) is 5.73 Å². The molecule has 98 valence electrons. The average Bonchev–Trinajstić information content (AvgIpc) is 2.37. The van der Waals surface area contributed by atoms with E-state index in [1.165, 1.54) is 30.3 Å². The third-order valence-corrected chi connectivity index (χ3v) is 2.54. The van der Waals surface area contributed by atoms with Crippen molar-refractivity contribution in [3.8, 4) is 5.75 Å². The minimum absolute atomic E-state index is 0.0865. The fraction of sp³-hybridized carbons (Fsp3) is 0.0714. The Morgan fingerprint density at radius 1 is 1.26 bits per heavy atom. The van der Waals surface area contributed by atoms with Crippen molar-refractivity contribution in [2.45, 2.75) is 6.61 Å². The molecule has 0 spiro atoms. The zero-order chi connectivity index (χ0) is 13.8. The number of carbonyl (C=O) groups is 1. The maximum Gasteiger partial charge on any atom is 0.335 e. The first-order chi connectivity index (χ1) is 9.06. The summed E-state index contributed by atoms with van der Waals surface area (Å²) in [6.07, 6.45) is 0. The van der Waals surface area contributed by atoms with E-state index in [1.54, 1.807) is 12.1 Å². The van der Waals surface area contributed by atoms with Gasteiger partial charge in [0.25, 0.3) is 0 Å². The molecule has 2 aromatic carbocycles. The Morgan fingerprint density at radius 3 is 2.74 bits per heavy atom. The highest BCUT2D eigenvalue weighted by Gasteiger charge is 2.08. The van der Waals surface area contributed by atoms with Gasteiger partial charge in [0, 0.05) is 0 Å². The van der Waals surface area contributed by atoms with E-state index in [-0.39, 0.29) is 23.7 Å². The summed E-state index contributed by atoms with van der Waals surface area (Å²) in [6, 6.07) is 10.2. The van der Waals surface area contributed by atoms with E-state index >= 15 is 0 Å². The van der Waals surface area contributed by atoms with Gasteiger partial charge in [-0.05, 0) is 35.9 Å². The number of benzene rings is 2. The highest BCUT2D eigenvalue weighted by molar-refractivity contribution is 5.89. The lowest BCUT2D eigenvalue weighted by Gasteiger charge is -2.09. The van der Waals surface area contributed by atoms with Gasteiger partial charge >= 0.3 is 5.97 Å². The fourth-order valence-electron chi connectivity index (χ4n) is 1.58. The van der Waals surface area contributed by atoms with Crippen LogP contribution in [0.25, 0.3) is 0 Å². The summed E-state index contributed by atoms with van der Waals surface area (Å²) in [5.74, 6) is -1.15. The number of rotatable bonds is 4. The van der Waals surface area contributed by atoms with Crippen molar-refractivity contribution < 1.29 is 19.0 Å². The van der Waals surface area contributed by atoms with Crippen LogP contribution in [0, 0.1) is 5.82 Å². The molecule has 0 saturated heterocycles. The number of aromatic carboxylic acids is 1. The summed E-state index contributed by atoms with van der Waals surface area (Å²) in [5.41, 5.74) is 6.75. The van der Waals surface area contributed by atoms with E-state index in [9.17, 15) is 9.18 Å². The molecule has 0 aliphatic heterocycles. The average molecular weight is 261 g/mol. The molecule has 0 radical (unpaired) electrons. The highest BCUT2D eigenvalue weighted by atomic mass is 19.1. The monoisotopic (exact) mass is 261 g/mol. The molecule has 0 amide bonds. The van der Waals surface area contributed by atoms with Gasteiger partial charge in [0.05, 0.1) is 11.3 Å². The molecule has 0 aliphatic rings. The number of carboxylic acids is 1. The van der Waals surface area contributed by atoms with Gasteiger partial charge in [-0.2, -0.15) is 0 Å². The molecule has 0 atom stereocenters. The first-order valence-electron chi connectivity index (χ1n) is 5.56. The Labute approximate surface area is 109 Å². The number of carboxylic acid groups (broad SMARTS) is 1. The van der Waals surface area contributed by atoms with Crippen molar-refractivity contribution in [1.29, 1.82) is 0 Å². The maximum atomic E-state index is 13.0. The fourth-order valence-corrected chi connectivity index (χ4v) is 1.58. The first kappa shape index (κ1) is 12.9. The van der Waals surface area contributed by atoms with Gasteiger partial charge in [-0.25, -0.2) is 9.18 Å². The van der Waals surface area contributed by atoms with Crippen molar-refractivity contribution in [3.05, 3.63) is 59.4 Å². The second-order valence-electron chi connectivity index (χ2n) is 3.98. The highest BCUT2D eigenvalue weighted by Crippen LogP contribution is 2.24. The zero-order valence-electron chi connectivity index (χ0n) is 9.97. The molecule has 2 aromatic rings. The summed E-state index contributed by atoms with van der Waals surface area (Å²) in [5, 5.41) is 8.88. The molecule has 0 heterocycles. The van der Waals surface area contributed by atoms with Crippen molar-refractivity contribution in [3.63, 3.8) is 0 Å². The molecule has 2 rings (SSSR count). The van der Waals surface area contributed by atoms with Crippen LogP contribution in [0.15, 0.2) is 42.5 Å². The first-order valence-corrected chi connectivity index (χ1v) is 5.56. The van der Waals surface area contributed by atoms with E-state index in [2.05, 4.69) is 0 Å². The van der Waals surface area contributed by atoms with Gasteiger partial charge in [-0.3, -0.25) is 0 Å². The molecule has 0 unspecified atom stereocenters. The van der Waals surface area contributed by atoms with Crippen LogP contribution in [-0.2, 0) is 6.61 Å². The van der Waals surface area contributed by atoms with Gasteiger partial charge < -0.3 is 15.6 Å². The summed E-state index contributed by atoms with van der Waals surface area (Å²) in [7, 11) is 0. The number of ether oxygens (including phenoxy) is 1. The molecule has 0 bridgehead atoms. The maximum absolute atomic E-state index is 13.0. The standard InChI is InChI=1S/C14H12FNO3/c15-11-3-1-2-9(6-11)8-19-13-7-10(14(17)18)4-5-12(13)16/h1-7H,8,16H2,(H,17,18). The van der Waals surface area contributed by atoms with Crippen LogP contribution in [0.3, 0.4) is 0 Å². The number of hydrogen-bond acceptors (Lipinski definition) is 3. The van der Waals surface area contributed by atoms with Crippen molar-refractivity contribution >= 4 is 11.7 Å². The normalized spacial score (nSPS) is 10.2. The predicted molar refractivity (Wildman–Crippen MR) is 68.5 cm³/mol. The molecular formula is C14H12FNO3. The SMILES string of the molecule is Nc1ccc(C(=O)O)cc1OCc1cccc(F)c1.